The largest absolute Gasteiger partial charge is 0.374 e. The number of carbonyl (C=O) groups excluding carboxylic acids is 1. The van der Waals surface area contributed by atoms with Crippen LogP contribution in [0.1, 0.15) is 12.0 Å². The number of hydrogen-bond donors (Lipinski definition) is 1. The first-order chi connectivity index (χ1) is 8.26. The van der Waals surface area contributed by atoms with Gasteiger partial charge in [-0.05, 0) is 24.6 Å². The lowest BCUT2D eigenvalue weighted by atomic mass is 10.1. The highest BCUT2D eigenvalue weighted by Gasteiger charge is 2.23. The molecular formula is C12H12BrN3O. The van der Waals surface area contributed by atoms with E-state index in [0.717, 1.165) is 23.1 Å². The summed E-state index contributed by atoms with van der Waals surface area (Å²) in [7, 11) is 0. The van der Waals surface area contributed by atoms with Crippen LogP contribution in [-0.2, 0) is 4.79 Å². The molecule has 1 aliphatic heterocycles. The van der Waals surface area contributed by atoms with Gasteiger partial charge < -0.3 is 10.2 Å². The second-order valence-corrected chi connectivity index (χ2v) is 4.58. The predicted octanol–water partition coefficient (Wildman–Crippen LogP) is 2.10. The Kier molecular flexibility index (Phi) is 3.64. The van der Waals surface area contributed by atoms with Crippen LogP contribution in [0.5, 0.6) is 0 Å². The highest BCUT2D eigenvalue weighted by atomic mass is 79.9. The van der Waals surface area contributed by atoms with Gasteiger partial charge in [0.2, 0.25) is 5.91 Å². The number of halogens is 1. The van der Waals surface area contributed by atoms with Crippen LogP contribution in [0.4, 0.5) is 11.4 Å². The Labute approximate surface area is 108 Å². The van der Waals surface area contributed by atoms with Crippen molar-refractivity contribution in [2.24, 2.45) is 0 Å². The minimum atomic E-state index is 0.0496. The molecule has 0 atom stereocenters. The Balaban J connectivity index is 2.35. The van der Waals surface area contributed by atoms with Crippen LogP contribution in [0.2, 0.25) is 0 Å². The summed E-state index contributed by atoms with van der Waals surface area (Å²) in [6.45, 7) is 0.995. The van der Waals surface area contributed by atoms with Gasteiger partial charge in [0, 0.05) is 11.9 Å². The van der Waals surface area contributed by atoms with Crippen molar-refractivity contribution in [3.63, 3.8) is 0 Å². The smallest absolute Gasteiger partial charge is 0.246 e. The number of nitrogens with zero attached hydrogens (tertiary/aromatic N) is 2. The van der Waals surface area contributed by atoms with E-state index in [0.29, 0.717) is 18.7 Å². The van der Waals surface area contributed by atoms with Gasteiger partial charge in [-0.3, -0.25) is 4.79 Å². The lowest BCUT2D eigenvalue weighted by molar-refractivity contribution is -0.117. The maximum Gasteiger partial charge on any atom is 0.246 e. The molecule has 5 heteroatoms. The summed E-state index contributed by atoms with van der Waals surface area (Å²) in [5, 5.41) is 12.8. The monoisotopic (exact) mass is 293 g/mol. The van der Waals surface area contributed by atoms with Gasteiger partial charge in [-0.1, -0.05) is 15.9 Å². The van der Waals surface area contributed by atoms with E-state index >= 15 is 0 Å². The zero-order valence-electron chi connectivity index (χ0n) is 9.24. The molecule has 88 valence electrons. The zero-order valence-corrected chi connectivity index (χ0v) is 10.8. The van der Waals surface area contributed by atoms with Crippen molar-refractivity contribution in [1.29, 1.82) is 5.26 Å². The minimum Gasteiger partial charge on any atom is -0.374 e. The van der Waals surface area contributed by atoms with Gasteiger partial charge in [-0.25, -0.2) is 0 Å². The number of anilines is 2. The Hall–Kier alpha value is -1.54. The molecule has 2 rings (SSSR count). The van der Waals surface area contributed by atoms with Crippen LogP contribution >= 0.6 is 15.9 Å². The van der Waals surface area contributed by atoms with Crippen molar-refractivity contribution in [3.05, 3.63) is 23.8 Å². The fourth-order valence-electron chi connectivity index (χ4n) is 1.84. The number of rotatable bonds is 3. The SMILES string of the molecule is N#Cc1ccc2c(c1)N(CCCBr)C(=O)CN2. The van der Waals surface area contributed by atoms with E-state index in [9.17, 15) is 4.79 Å². The molecule has 0 saturated carbocycles. The van der Waals surface area contributed by atoms with Gasteiger partial charge in [0.05, 0.1) is 29.6 Å². The summed E-state index contributed by atoms with van der Waals surface area (Å²) < 4.78 is 0. The first-order valence-electron chi connectivity index (χ1n) is 5.40. The molecule has 17 heavy (non-hydrogen) atoms. The highest BCUT2D eigenvalue weighted by Crippen LogP contribution is 2.30. The molecule has 1 N–H and O–H groups in total. The van der Waals surface area contributed by atoms with Crippen LogP contribution in [0.25, 0.3) is 0 Å². The number of fused-ring (bicyclic) bond motifs is 1. The van der Waals surface area contributed by atoms with E-state index in [-0.39, 0.29) is 5.91 Å². The summed E-state index contributed by atoms with van der Waals surface area (Å²) in [6.07, 6.45) is 0.891. The van der Waals surface area contributed by atoms with Crippen LogP contribution in [0.15, 0.2) is 18.2 Å². The first kappa shape index (κ1) is 11.9. The van der Waals surface area contributed by atoms with E-state index < -0.39 is 0 Å². The van der Waals surface area contributed by atoms with Crippen molar-refractivity contribution < 1.29 is 4.79 Å². The molecule has 0 unspecified atom stereocenters. The topological polar surface area (TPSA) is 56.1 Å². The predicted molar refractivity (Wildman–Crippen MR) is 70.4 cm³/mol. The number of hydrogen-bond acceptors (Lipinski definition) is 3. The molecule has 0 aliphatic carbocycles. The molecular weight excluding hydrogens is 282 g/mol. The molecule has 1 aromatic carbocycles. The minimum absolute atomic E-state index is 0.0496. The number of nitrogens with one attached hydrogen (secondary N) is 1. The molecule has 1 amide bonds. The Morgan fingerprint density at radius 2 is 2.35 bits per heavy atom. The van der Waals surface area contributed by atoms with Crippen molar-refractivity contribution >= 4 is 33.2 Å². The summed E-state index contributed by atoms with van der Waals surface area (Å²) in [5.74, 6) is 0.0496. The van der Waals surface area contributed by atoms with E-state index in [1.807, 2.05) is 6.07 Å². The molecule has 4 nitrogen and oxygen atoms in total. The summed E-state index contributed by atoms with van der Waals surface area (Å²) >= 11 is 3.36. The third-order valence-corrected chi connectivity index (χ3v) is 3.22. The highest BCUT2D eigenvalue weighted by molar-refractivity contribution is 9.09. The van der Waals surface area contributed by atoms with Gasteiger partial charge in [0.15, 0.2) is 0 Å². The number of benzene rings is 1. The number of amides is 1. The quantitative estimate of drug-likeness (QED) is 0.869. The molecule has 0 spiro atoms. The van der Waals surface area contributed by atoms with Gasteiger partial charge in [-0.2, -0.15) is 5.26 Å². The molecule has 0 fully saturated rings. The van der Waals surface area contributed by atoms with Crippen molar-refractivity contribution in [2.75, 3.05) is 28.6 Å². The molecule has 0 saturated heterocycles. The molecule has 1 aromatic rings. The maximum atomic E-state index is 11.8. The third kappa shape index (κ3) is 2.42. The van der Waals surface area contributed by atoms with Crippen LogP contribution in [0.3, 0.4) is 0 Å². The fourth-order valence-corrected chi connectivity index (χ4v) is 2.09. The first-order valence-corrected chi connectivity index (χ1v) is 6.53. The molecule has 0 aromatic heterocycles. The molecule has 0 radical (unpaired) electrons. The Bertz CT molecular complexity index is 481. The molecule has 1 heterocycles. The molecule has 1 aliphatic rings. The second-order valence-electron chi connectivity index (χ2n) is 3.79. The summed E-state index contributed by atoms with van der Waals surface area (Å²) in [5.41, 5.74) is 2.29. The second kappa shape index (κ2) is 5.19. The average Bonchev–Trinajstić information content (AvgIpc) is 2.37. The normalized spacial score (nSPS) is 13.9. The average molecular weight is 294 g/mol. The van der Waals surface area contributed by atoms with Crippen molar-refractivity contribution in [1.82, 2.24) is 0 Å². The number of alkyl halides is 1. The third-order valence-electron chi connectivity index (χ3n) is 2.66. The summed E-state index contributed by atoms with van der Waals surface area (Å²) in [6, 6.07) is 7.45. The van der Waals surface area contributed by atoms with E-state index in [4.69, 9.17) is 5.26 Å². The Morgan fingerprint density at radius 1 is 1.53 bits per heavy atom. The van der Waals surface area contributed by atoms with Gasteiger partial charge >= 0.3 is 0 Å². The summed E-state index contributed by atoms with van der Waals surface area (Å²) in [4.78, 5) is 13.6. The van der Waals surface area contributed by atoms with Crippen molar-refractivity contribution in [2.45, 2.75) is 6.42 Å². The van der Waals surface area contributed by atoms with Gasteiger partial charge in [0.25, 0.3) is 0 Å². The number of carbonyl (C=O) groups is 1. The van der Waals surface area contributed by atoms with E-state index in [1.165, 1.54) is 0 Å². The van der Waals surface area contributed by atoms with Crippen molar-refractivity contribution in [3.8, 4) is 6.07 Å². The van der Waals surface area contributed by atoms with Gasteiger partial charge in [0.1, 0.15) is 0 Å². The van der Waals surface area contributed by atoms with E-state index in [1.54, 1.807) is 17.0 Å². The zero-order chi connectivity index (χ0) is 12.3. The standard InChI is InChI=1S/C12H12BrN3O/c13-4-1-5-16-11-6-9(7-14)2-3-10(11)15-8-12(16)17/h2-3,6,15H,1,4-5,8H2. The lowest BCUT2D eigenvalue weighted by Gasteiger charge is -2.30. The van der Waals surface area contributed by atoms with Crippen LogP contribution in [-0.4, -0.2) is 24.3 Å². The van der Waals surface area contributed by atoms with Crippen LogP contribution < -0.4 is 10.2 Å². The lowest BCUT2D eigenvalue weighted by Crippen LogP contribution is -2.40. The van der Waals surface area contributed by atoms with Crippen LogP contribution in [0, 0.1) is 11.3 Å². The van der Waals surface area contributed by atoms with Gasteiger partial charge in [-0.15, -0.1) is 0 Å². The van der Waals surface area contributed by atoms with E-state index in [2.05, 4.69) is 27.3 Å². The Morgan fingerprint density at radius 3 is 3.06 bits per heavy atom. The fraction of sp³-hybridized carbons (Fsp3) is 0.333. The number of nitriles is 1. The molecule has 0 bridgehead atoms. The maximum absolute atomic E-state index is 11.8.